The van der Waals surface area contributed by atoms with Crippen LogP contribution in [0.1, 0.15) is 29.9 Å². The number of benzene rings is 2. The van der Waals surface area contributed by atoms with Gasteiger partial charge in [0.25, 0.3) is 0 Å². The number of rotatable bonds is 7. The van der Waals surface area contributed by atoms with Gasteiger partial charge in [0.15, 0.2) is 5.76 Å². The number of amides is 1. The third-order valence-corrected chi connectivity index (χ3v) is 7.78. The SMILES string of the molecule is Cc1noc(C)c1S(=O)(=O)N1CCCC(C(=O)NCc2cccc(Oc3ccccc3)c2)C1. The number of ether oxygens (including phenoxy) is 1. The summed E-state index contributed by atoms with van der Waals surface area (Å²) >= 11 is 0. The van der Waals surface area contributed by atoms with Gasteiger partial charge in [0.05, 0.1) is 5.92 Å². The van der Waals surface area contributed by atoms with E-state index in [0.717, 1.165) is 11.3 Å². The number of nitrogens with zero attached hydrogens (tertiary/aromatic N) is 2. The standard InChI is InChI=1S/C24H27N3O5S/c1-17-23(18(2)32-26-17)33(29,30)27-13-7-9-20(16-27)24(28)25-15-19-8-6-12-22(14-19)31-21-10-4-3-5-11-21/h3-6,8,10-12,14,20H,7,9,13,15-16H2,1-2H3,(H,25,28). The topological polar surface area (TPSA) is 102 Å². The van der Waals surface area contributed by atoms with Crippen molar-refractivity contribution in [3.05, 3.63) is 71.6 Å². The van der Waals surface area contributed by atoms with Crippen molar-refractivity contribution < 1.29 is 22.5 Å². The molecule has 0 spiro atoms. The van der Waals surface area contributed by atoms with Crippen molar-refractivity contribution in [3.63, 3.8) is 0 Å². The normalized spacial score (nSPS) is 17.0. The van der Waals surface area contributed by atoms with Crippen LogP contribution in [0, 0.1) is 19.8 Å². The summed E-state index contributed by atoms with van der Waals surface area (Å²) in [6.07, 6.45) is 1.25. The van der Waals surface area contributed by atoms with Gasteiger partial charge in [0.1, 0.15) is 22.1 Å². The minimum absolute atomic E-state index is 0.0961. The van der Waals surface area contributed by atoms with E-state index in [2.05, 4.69) is 10.5 Å². The average molecular weight is 470 g/mol. The molecule has 1 aliphatic rings. The van der Waals surface area contributed by atoms with Gasteiger partial charge in [-0.15, -0.1) is 0 Å². The lowest BCUT2D eigenvalue weighted by atomic mass is 9.99. The van der Waals surface area contributed by atoms with Crippen LogP contribution in [-0.2, 0) is 21.4 Å². The van der Waals surface area contributed by atoms with Crippen LogP contribution in [-0.4, -0.2) is 36.9 Å². The van der Waals surface area contributed by atoms with E-state index >= 15 is 0 Å². The smallest absolute Gasteiger partial charge is 0.248 e. The van der Waals surface area contributed by atoms with Crippen molar-refractivity contribution in [2.24, 2.45) is 5.92 Å². The zero-order valence-electron chi connectivity index (χ0n) is 18.7. The quantitative estimate of drug-likeness (QED) is 0.565. The summed E-state index contributed by atoms with van der Waals surface area (Å²) in [6.45, 7) is 4.02. The second kappa shape index (κ2) is 9.76. The fourth-order valence-corrected chi connectivity index (χ4v) is 5.84. The maximum atomic E-state index is 13.1. The van der Waals surface area contributed by atoms with Crippen LogP contribution in [0.4, 0.5) is 0 Å². The van der Waals surface area contributed by atoms with E-state index in [1.54, 1.807) is 13.8 Å². The number of carbonyl (C=O) groups excluding carboxylic acids is 1. The molecule has 2 heterocycles. The Bertz CT molecular complexity index is 1200. The average Bonchev–Trinajstić information content (AvgIpc) is 3.17. The second-order valence-corrected chi connectivity index (χ2v) is 10.0. The summed E-state index contributed by atoms with van der Waals surface area (Å²) < 4.78 is 38.5. The summed E-state index contributed by atoms with van der Waals surface area (Å²) in [5.74, 6) is 1.10. The summed E-state index contributed by atoms with van der Waals surface area (Å²) in [5.41, 5.74) is 1.23. The van der Waals surface area contributed by atoms with Crippen LogP contribution in [0.3, 0.4) is 0 Å². The fourth-order valence-electron chi connectivity index (χ4n) is 4.02. The Morgan fingerprint density at radius 3 is 2.64 bits per heavy atom. The van der Waals surface area contributed by atoms with Gasteiger partial charge in [-0.05, 0) is 56.5 Å². The molecule has 0 saturated carbocycles. The van der Waals surface area contributed by atoms with Crippen molar-refractivity contribution >= 4 is 15.9 Å². The second-order valence-electron chi connectivity index (χ2n) is 8.14. The van der Waals surface area contributed by atoms with Crippen LogP contribution in [0.2, 0.25) is 0 Å². The lowest BCUT2D eigenvalue weighted by Crippen LogP contribution is -2.45. The highest BCUT2D eigenvalue weighted by Crippen LogP contribution is 2.28. The molecule has 9 heteroatoms. The molecule has 33 heavy (non-hydrogen) atoms. The molecule has 174 valence electrons. The first kappa shape index (κ1) is 23.0. The molecule has 1 aliphatic heterocycles. The summed E-state index contributed by atoms with van der Waals surface area (Å²) in [7, 11) is -3.77. The van der Waals surface area contributed by atoms with E-state index in [9.17, 15) is 13.2 Å². The van der Waals surface area contributed by atoms with Gasteiger partial charge in [-0.25, -0.2) is 8.42 Å². The summed E-state index contributed by atoms with van der Waals surface area (Å²) in [6, 6.07) is 17.0. The fraction of sp³-hybridized carbons (Fsp3) is 0.333. The van der Waals surface area contributed by atoms with Gasteiger partial charge in [-0.3, -0.25) is 4.79 Å². The Labute approximate surface area is 193 Å². The highest BCUT2D eigenvalue weighted by molar-refractivity contribution is 7.89. The molecule has 1 aromatic heterocycles. The Morgan fingerprint density at radius 1 is 1.15 bits per heavy atom. The predicted molar refractivity (Wildman–Crippen MR) is 122 cm³/mol. The van der Waals surface area contributed by atoms with Gasteiger partial charge in [0.2, 0.25) is 15.9 Å². The minimum Gasteiger partial charge on any atom is -0.457 e. The van der Waals surface area contributed by atoms with E-state index in [1.165, 1.54) is 4.31 Å². The number of hydrogen-bond acceptors (Lipinski definition) is 6. The van der Waals surface area contributed by atoms with E-state index in [0.29, 0.717) is 37.4 Å². The molecule has 1 fully saturated rings. The molecule has 0 aliphatic carbocycles. The van der Waals surface area contributed by atoms with E-state index in [-0.39, 0.29) is 23.1 Å². The number of piperidine rings is 1. The summed E-state index contributed by atoms with van der Waals surface area (Å²) in [5, 5.41) is 6.70. The van der Waals surface area contributed by atoms with Gasteiger partial charge in [0, 0.05) is 19.6 Å². The van der Waals surface area contributed by atoms with Gasteiger partial charge < -0.3 is 14.6 Å². The highest BCUT2D eigenvalue weighted by Gasteiger charge is 2.36. The third-order valence-electron chi connectivity index (χ3n) is 5.66. The van der Waals surface area contributed by atoms with Crippen LogP contribution < -0.4 is 10.1 Å². The Hall–Kier alpha value is -3.17. The Balaban J connectivity index is 1.38. The first-order valence-electron chi connectivity index (χ1n) is 10.9. The number of para-hydroxylation sites is 1. The van der Waals surface area contributed by atoms with Crippen molar-refractivity contribution in [2.45, 2.75) is 38.1 Å². The Kier molecular flexibility index (Phi) is 6.80. The lowest BCUT2D eigenvalue weighted by molar-refractivity contribution is -0.126. The lowest BCUT2D eigenvalue weighted by Gasteiger charge is -2.31. The molecule has 0 bridgehead atoms. The van der Waals surface area contributed by atoms with Crippen molar-refractivity contribution in [2.75, 3.05) is 13.1 Å². The maximum absolute atomic E-state index is 13.1. The molecule has 0 radical (unpaired) electrons. The Morgan fingerprint density at radius 2 is 1.91 bits per heavy atom. The van der Waals surface area contributed by atoms with Crippen LogP contribution in [0.15, 0.2) is 64.0 Å². The third kappa shape index (κ3) is 5.26. The van der Waals surface area contributed by atoms with Crippen molar-refractivity contribution in [1.29, 1.82) is 0 Å². The first-order chi connectivity index (χ1) is 15.8. The minimum atomic E-state index is -3.77. The van der Waals surface area contributed by atoms with Gasteiger partial charge >= 0.3 is 0 Å². The van der Waals surface area contributed by atoms with Crippen LogP contribution in [0.5, 0.6) is 11.5 Å². The molecular formula is C24H27N3O5S. The summed E-state index contributed by atoms with van der Waals surface area (Å²) in [4.78, 5) is 12.9. The zero-order chi connectivity index (χ0) is 23.4. The molecule has 2 aromatic carbocycles. The van der Waals surface area contributed by atoms with E-state index in [1.807, 2.05) is 54.6 Å². The van der Waals surface area contributed by atoms with Crippen molar-refractivity contribution in [1.82, 2.24) is 14.8 Å². The van der Waals surface area contributed by atoms with E-state index in [4.69, 9.17) is 9.26 Å². The number of nitrogens with one attached hydrogen (secondary N) is 1. The molecule has 3 aromatic rings. The number of aromatic nitrogens is 1. The molecule has 1 unspecified atom stereocenters. The monoisotopic (exact) mass is 469 g/mol. The van der Waals surface area contributed by atoms with Gasteiger partial charge in [-0.1, -0.05) is 35.5 Å². The largest absolute Gasteiger partial charge is 0.457 e. The van der Waals surface area contributed by atoms with Crippen LogP contribution >= 0.6 is 0 Å². The highest BCUT2D eigenvalue weighted by atomic mass is 32.2. The first-order valence-corrected chi connectivity index (χ1v) is 12.3. The predicted octanol–water partition coefficient (Wildman–Crippen LogP) is 3.80. The molecule has 8 nitrogen and oxygen atoms in total. The molecule has 1 amide bonds. The number of aryl methyl sites for hydroxylation is 2. The van der Waals surface area contributed by atoms with E-state index < -0.39 is 15.9 Å². The number of sulfonamides is 1. The number of hydrogen-bond donors (Lipinski definition) is 1. The molecule has 1 saturated heterocycles. The number of carbonyl (C=O) groups is 1. The van der Waals surface area contributed by atoms with Crippen LogP contribution in [0.25, 0.3) is 0 Å². The molecular weight excluding hydrogens is 442 g/mol. The van der Waals surface area contributed by atoms with Gasteiger partial charge in [-0.2, -0.15) is 4.31 Å². The maximum Gasteiger partial charge on any atom is 0.248 e. The zero-order valence-corrected chi connectivity index (χ0v) is 19.5. The van der Waals surface area contributed by atoms with Crippen molar-refractivity contribution in [3.8, 4) is 11.5 Å². The molecule has 1 N–H and O–H groups in total. The molecule has 4 rings (SSSR count). The molecule has 1 atom stereocenters.